The smallest absolute Gasteiger partial charge is 0.220 e. The van der Waals surface area contributed by atoms with Crippen LogP contribution in [0.1, 0.15) is 58.3 Å². The minimum atomic E-state index is 0. The highest BCUT2D eigenvalue weighted by Gasteiger charge is 2.24. The van der Waals surface area contributed by atoms with Gasteiger partial charge in [-0.25, -0.2) is 0 Å². The lowest BCUT2D eigenvalue weighted by molar-refractivity contribution is -0.123. The van der Waals surface area contributed by atoms with Gasteiger partial charge in [0.25, 0.3) is 0 Å². The van der Waals surface area contributed by atoms with E-state index in [1.54, 1.807) is 0 Å². The Bertz CT molecular complexity index is 254. The molecule has 0 radical (unpaired) electrons. The van der Waals surface area contributed by atoms with Gasteiger partial charge in [-0.15, -0.1) is 12.4 Å². The van der Waals surface area contributed by atoms with Gasteiger partial charge in [-0.05, 0) is 45.1 Å². The van der Waals surface area contributed by atoms with Crippen LogP contribution < -0.4 is 10.6 Å². The van der Waals surface area contributed by atoms with E-state index in [1.165, 1.54) is 38.5 Å². The molecule has 0 aromatic rings. The number of amides is 1. The summed E-state index contributed by atoms with van der Waals surface area (Å²) in [5.41, 5.74) is 0. The highest BCUT2D eigenvalue weighted by atomic mass is 35.5. The molecule has 1 saturated heterocycles. The fraction of sp³-hybridized carbons (Fsp3) is 0.929. The lowest BCUT2D eigenvalue weighted by Gasteiger charge is -2.31. The molecule has 1 aliphatic heterocycles. The Labute approximate surface area is 117 Å². The number of piperidine rings is 1. The van der Waals surface area contributed by atoms with Crippen molar-refractivity contribution in [1.82, 2.24) is 10.6 Å². The van der Waals surface area contributed by atoms with Crippen molar-refractivity contribution in [2.24, 2.45) is 5.92 Å². The molecular formula is C14H27ClN2O. The molecule has 4 heteroatoms. The molecular weight excluding hydrogens is 248 g/mol. The summed E-state index contributed by atoms with van der Waals surface area (Å²) in [7, 11) is 0. The third kappa shape index (κ3) is 4.77. The third-order valence-electron chi connectivity index (χ3n) is 4.31. The van der Waals surface area contributed by atoms with Gasteiger partial charge in [-0.3, -0.25) is 4.79 Å². The first-order valence-electron chi connectivity index (χ1n) is 7.28. The van der Waals surface area contributed by atoms with Gasteiger partial charge in [-0.2, -0.15) is 0 Å². The molecule has 0 bridgehead atoms. The molecule has 1 aliphatic carbocycles. The van der Waals surface area contributed by atoms with Crippen molar-refractivity contribution in [2.75, 3.05) is 6.54 Å². The molecule has 1 heterocycles. The van der Waals surface area contributed by atoms with Crippen LogP contribution in [0.15, 0.2) is 0 Å². The molecule has 2 atom stereocenters. The fourth-order valence-electron chi connectivity index (χ4n) is 3.16. The largest absolute Gasteiger partial charge is 0.352 e. The van der Waals surface area contributed by atoms with Crippen molar-refractivity contribution in [3.8, 4) is 0 Å². The van der Waals surface area contributed by atoms with Crippen LogP contribution in [0.25, 0.3) is 0 Å². The summed E-state index contributed by atoms with van der Waals surface area (Å²) in [6, 6.07) is 0.777. The van der Waals surface area contributed by atoms with Crippen LogP contribution in [0.2, 0.25) is 0 Å². The Kier molecular flexibility index (Phi) is 7.02. The number of hydrogen-bond acceptors (Lipinski definition) is 2. The number of carbonyl (C=O) groups excluding carboxylic acids is 1. The van der Waals surface area contributed by atoms with Crippen molar-refractivity contribution in [2.45, 2.75) is 70.4 Å². The zero-order valence-electron chi connectivity index (χ0n) is 11.4. The lowest BCUT2D eigenvalue weighted by Crippen LogP contribution is -2.52. The molecule has 106 valence electrons. The third-order valence-corrected chi connectivity index (χ3v) is 4.31. The van der Waals surface area contributed by atoms with E-state index in [9.17, 15) is 4.79 Å². The van der Waals surface area contributed by atoms with Crippen LogP contribution in [-0.2, 0) is 4.79 Å². The molecule has 2 fully saturated rings. The van der Waals surface area contributed by atoms with E-state index < -0.39 is 0 Å². The van der Waals surface area contributed by atoms with Gasteiger partial charge < -0.3 is 10.6 Å². The summed E-state index contributed by atoms with van der Waals surface area (Å²) in [5, 5.41) is 6.64. The van der Waals surface area contributed by atoms with Crippen LogP contribution in [-0.4, -0.2) is 24.5 Å². The Morgan fingerprint density at radius 3 is 2.56 bits per heavy atom. The van der Waals surface area contributed by atoms with Gasteiger partial charge in [0.15, 0.2) is 0 Å². The summed E-state index contributed by atoms with van der Waals surface area (Å²) in [5.74, 6) is 0.924. The lowest BCUT2D eigenvalue weighted by atomic mass is 9.86. The van der Waals surface area contributed by atoms with Crippen LogP contribution in [0.4, 0.5) is 0 Å². The van der Waals surface area contributed by atoms with E-state index >= 15 is 0 Å². The van der Waals surface area contributed by atoms with Gasteiger partial charge in [-0.1, -0.05) is 19.3 Å². The number of nitrogens with one attached hydrogen (secondary N) is 2. The van der Waals surface area contributed by atoms with E-state index in [4.69, 9.17) is 0 Å². The van der Waals surface area contributed by atoms with Crippen LogP contribution in [0, 0.1) is 5.92 Å². The summed E-state index contributed by atoms with van der Waals surface area (Å²) in [6.45, 7) is 3.26. The first-order chi connectivity index (χ1) is 8.25. The normalized spacial score (nSPS) is 29.4. The van der Waals surface area contributed by atoms with E-state index in [2.05, 4.69) is 17.6 Å². The average Bonchev–Trinajstić information content (AvgIpc) is 2.33. The summed E-state index contributed by atoms with van der Waals surface area (Å²) in [4.78, 5) is 12.0. The Morgan fingerprint density at radius 2 is 1.89 bits per heavy atom. The van der Waals surface area contributed by atoms with E-state index in [1.807, 2.05) is 0 Å². The van der Waals surface area contributed by atoms with Crippen molar-refractivity contribution >= 4 is 18.3 Å². The highest BCUT2D eigenvalue weighted by Crippen LogP contribution is 2.26. The Balaban J connectivity index is 0.00000162. The molecule has 2 N–H and O–H groups in total. The molecule has 0 spiro atoms. The second-order valence-electron chi connectivity index (χ2n) is 5.77. The molecule has 3 nitrogen and oxygen atoms in total. The standard InChI is InChI=1S/C14H26N2O.ClH/c1-11-13(8-5-9-15-11)16-14(17)10-12-6-3-2-4-7-12;/h11-13,15H,2-10H2,1H3,(H,16,17);1H. The zero-order chi connectivity index (χ0) is 12.1. The minimum Gasteiger partial charge on any atom is -0.352 e. The van der Waals surface area contributed by atoms with Gasteiger partial charge in [0.2, 0.25) is 5.91 Å². The summed E-state index contributed by atoms with van der Waals surface area (Å²) < 4.78 is 0. The van der Waals surface area contributed by atoms with Crippen molar-refractivity contribution < 1.29 is 4.79 Å². The maximum absolute atomic E-state index is 12.0. The molecule has 18 heavy (non-hydrogen) atoms. The summed E-state index contributed by atoms with van der Waals surface area (Å²) in [6.07, 6.45) is 9.57. The van der Waals surface area contributed by atoms with E-state index in [-0.39, 0.29) is 18.3 Å². The number of carbonyl (C=O) groups is 1. The van der Waals surface area contributed by atoms with Crippen molar-refractivity contribution in [3.05, 3.63) is 0 Å². The maximum Gasteiger partial charge on any atom is 0.220 e. The average molecular weight is 275 g/mol. The predicted molar refractivity (Wildman–Crippen MR) is 77.1 cm³/mol. The Hall–Kier alpha value is -0.280. The molecule has 2 unspecified atom stereocenters. The van der Waals surface area contributed by atoms with Gasteiger partial charge in [0, 0.05) is 18.5 Å². The first kappa shape index (κ1) is 15.8. The monoisotopic (exact) mass is 274 g/mol. The highest BCUT2D eigenvalue weighted by molar-refractivity contribution is 5.85. The van der Waals surface area contributed by atoms with Gasteiger partial charge >= 0.3 is 0 Å². The number of hydrogen-bond donors (Lipinski definition) is 2. The van der Waals surface area contributed by atoms with E-state index in [0.717, 1.165) is 19.4 Å². The second-order valence-corrected chi connectivity index (χ2v) is 5.77. The molecule has 2 rings (SSSR count). The molecule has 1 saturated carbocycles. The second kappa shape index (κ2) is 8.00. The first-order valence-corrected chi connectivity index (χ1v) is 7.28. The van der Waals surface area contributed by atoms with Gasteiger partial charge in [0.05, 0.1) is 0 Å². The topological polar surface area (TPSA) is 41.1 Å². The molecule has 0 aromatic carbocycles. The van der Waals surface area contributed by atoms with Crippen molar-refractivity contribution in [1.29, 1.82) is 0 Å². The zero-order valence-corrected chi connectivity index (χ0v) is 12.2. The minimum absolute atomic E-state index is 0. The predicted octanol–water partition coefficient (Wildman–Crippen LogP) is 2.64. The fourth-order valence-corrected chi connectivity index (χ4v) is 3.16. The Morgan fingerprint density at radius 1 is 1.17 bits per heavy atom. The van der Waals surface area contributed by atoms with Crippen molar-refractivity contribution in [3.63, 3.8) is 0 Å². The number of halogens is 1. The number of rotatable bonds is 3. The molecule has 1 amide bonds. The molecule has 2 aliphatic rings. The van der Waals surface area contributed by atoms with Crippen LogP contribution in [0.5, 0.6) is 0 Å². The SMILES string of the molecule is CC1NCCCC1NC(=O)CC1CCCCC1.Cl. The summed E-state index contributed by atoms with van der Waals surface area (Å²) >= 11 is 0. The van der Waals surface area contributed by atoms with Crippen LogP contribution in [0.3, 0.4) is 0 Å². The van der Waals surface area contributed by atoms with Crippen LogP contribution >= 0.6 is 12.4 Å². The van der Waals surface area contributed by atoms with E-state index in [0.29, 0.717) is 18.0 Å². The maximum atomic E-state index is 12.0. The quantitative estimate of drug-likeness (QED) is 0.831. The molecule has 0 aromatic heterocycles. The van der Waals surface area contributed by atoms with Gasteiger partial charge in [0.1, 0.15) is 0 Å².